The SMILES string of the molecule is Cc1ccccc1C(=O)/C(C#N)=C/c1cccc(O)c1. The summed E-state index contributed by atoms with van der Waals surface area (Å²) in [5.41, 5.74) is 2.00. The topological polar surface area (TPSA) is 61.1 Å². The summed E-state index contributed by atoms with van der Waals surface area (Å²) in [7, 11) is 0. The Labute approximate surface area is 117 Å². The Kier molecular flexibility index (Phi) is 3.97. The van der Waals surface area contributed by atoms with E-state index < -0.39 is 0 Å². The molecule has 0 aromatic heterocycles. The summed E-state index contributed by atoms with van der Waals surface area (Å²) in [6.45, 7) is 1.83. The second-order valence-electron chi connectivity index (χ2n) is 4.41. The van der Waals surface area contributed by atoms with Gasteiger partial charge in [-0.05, 0) is 36.3 Å². The second-order valence-corrected chi connectivity index (χ2v) is 4.41. The van der Waals surface area contributed by atoms with Gasteiger partial charge in [-0.2, -0.15) is 5.26 Å². The van der Waals surface area contributed by atoms with E-state index in [0.29, 0.717) is 11.1 Å². The molecule has 98 valence electrons. The number of hydrogen-bond acceptors (Lipinski definition) is 3. The van der Waals surface area contributed by atoms with Crippen molar-refractivity contribution in [3.63, 3.8) is 0 Å². The van der Waals surface area contributed by atoms with Gasteiger partial charge in [-0.25, -0.2) is 0 Å². The minimum absolute atomic E-state index is 0.0462. The molecule has 0 bridgehead atoms. The fourth-order valence-electron chi connectivity index (χ4n) is 1.90. The molecule has 3 heteroatoms. The highest BCUT2D eigenvalue weighted by Gasteiger charge is 2.13. The predicted molar refractivity (Wildman–Crippen MR) is 77.2 cm³/mol. The zero-order valence-electron chi connectivity index (χ0n) is 11.0. The lowest BCUT2D eigenvalue weighted by Gasteiger charge is -2.03. The van der Waals surface area contributed by atoms with Gasteiger partial charge in [0, 0.05) is 5.56 Å². The number of allylic oxidation sites excluding steroid dienone is 1. The van der Waals surface area contributed by atoms with Crippen molar-refractivity contribution in [1.82, 2.24) is 0 Å². The quantitative estimate of drug-likeness (QED) is 0.524. The molecule has 0 aliphatic rings. The first kappa shape index (κ1) is 13.6. The van der Waals surface area contributed by atoms with Crippen molar-refractivity contribution < 1.29 is 9.90 Å². The van der Waals surface area contributed by atoms with Crippen LogP contribution in [0.5, 0.6) is 5.75 Å². The van der Waals surface area contributed by atoms with Crippen molar-refractivity contribution in [3.8, 4) is 11.8 Å². The van der Waals surface area contributed by atoms with Crippen LogP contribution in [0.15, 0.2) is 54.1 Å². The number of carbonyl (C=O) groups excluding carboxylic acids is 1. The number of aromatic hydroxyl groups is 1. The lowest BCUT2D eigenvalue weighted by Crippen LogP contribution is -2.04. The van der Waals surface area contributed by atoms with Crippen LogP contribution in [-0.4, -0.2) is 10.9 Å². The van der Waals surface area contributed by atoms with Gasteiger partial charge in [-0.15, -0.1) is 0 Å². The van der Waals surface area contributed by atoms with Crippen molar-refractivity contribution >= 4 is 11.9 Å². The van der Waals surface area contributed by atoms with E-state index in [1.54, 1.807) is 24.3 Å². The Morgan fingerprint density at radius 3 is 2.60 bits per heavy atom. The largest absolute Gasteiger partial charge is 0.508 e. The van der Waals surface area contributed by atoms with Gasteiger partial charge < -0.3 is 5.11 Å². The van der Waals surface area contributed by atoms with Crippen molar-refractivity contribution in [3.05, 3.63) is 70.8 Å². The summed E-state index contributed by atoms with van der Waals surface area (Å²) in [6.07, 6.45) is 1.48. The maximum atomic E-state index is 12.3. The average molecular weight is 263 g/mol. The number of phenolic OH excluding ortho intramolecular Hbond substituents is 1. The summed E-state index contributed by atoms with van der Waals surface area (Å²) in [6, 6.07) is 15.5. The third-order valence-electron chi connectivity index (χ3n) is 2.94. The minimum Gasteiger partial charge on any atom is -0.508 e. The maximum absolute atomic E-state index is 12.3. The molecule has 3 nitrogen and oxygen atoms in total. The van der Waals surface area contributed by atoms with Gasteiger partial charge in [-0.3, -0.25) is 4.79 Å². The van der Waals surface area contributed by atoms with Crippen molar-refractivity contribution in [2.75, 3.05) is 0 Å². The molecule has 0 amide bonds. The van der Waals surface area contributed by atoms with Gasteiger partial charge in [0.15, 0.2) is 0 Å². The van der Waals surface area contributed by atoms with Crippen LogP contribution >= 0.6 is 0 Å². The summed E-state index contributed by atoms with van der Waals surface area (Å²) < 4.78 is 0. The van der Waals surface area contributed by atoms with Gasteiger partial charge >= 0.3 is 0 Å². The molecule has 2 rings (SSSR count). The van der Waals surface area contributed by atoms with Crippen LogP contribution in [0.2, 0.25) is 0 Å². The van der Waals surface area contributed by atoms with E-state index in [1.807, 2.05) is 25.1 Å². The first-order valence-corrected chi connectivity index (χ1v) is 6.13. The minimum atomic E-state index is -0.311. The molecule has 0 unspecified atom stereocenters. The van der Waals surface area contributed by atoms with Crippen LogP contribution in [-0.2, 0) is 0 Å². The van der Waals surface area contributed by atoms with Gasteiger partial charge in [0.05, 0.1) is 0 Å². The van der Waals surface area contributed by atoms with Crippen LogP contribution in [0.3, 0.4) is 0 Å². The zero-order valence-corrected chi connectivity index (χ0v) is 11.0. The highest BCUT2D eigenvalue weighted by atomic mass is 16.3. The standard InChI is InChI=1S/C17H13NO2/c1-12-5-2-3-8-16(12)17(20)14(11-18)9-13-6-4-7-15(19)10-13/h2-10,19H,1H3/b14-9+. The molecule has 0 aliphatic carbocycles. The predicted octanol–water partition coefficient (Wildman–Crippen LogP) is 3.49. The van der Waals surface area contributed by atoms with Crippen molar-refractivity contribution in [1.29, 1.82) is 5.26 Å². The molecule has 0 heterocycles. The van der Waals surface area contributed by atoms with Crippen LogP contribution < -0.4 is 0 Å². The highest BCUT2D eigenvalue weighted by Crippen LogP contribution is 2.18. The average Bonchev–Trinajstić information content (AvgIpc) is 2.44. The molecule has 20 heavy (non-hydrogen) atoms. The Hall–Kier alpha value is -2.86. The molecular formula is C17H13NO2. The normalized spacial score (nSPS) is 10.9. The fraction of sp³-hybridized carbons (Fsp3) is 0.0588. The van der Waals surface area contributed by atoms with Crippen LogP contribution in [0.1, 0.15) is 21.5 Å². The Bertz CT molecular complexity index is 724. The van der Waals surface area contributed by atoms with E-state index in [1.165, 1.54) is 18.2 Å². The number of hydrogen-bond donors (Lipinski definition) is 1. The molecule has 0 radical (unpaired) electrons. The zero-order chi connectivity index (χ0) is 14.5. The van der Waals surface area contributed by atoms with Gasteiger partial charge in [0.25, 0.3) is 0 Å². The maximum Gasteiger partial charge on any atom is 0.203 e. The van der Waals surface area contributed by atoms with E-state index in [9.17, 15) is 15.2 Å². The number of rotatable bonds is 3. The molecule has 0 saturated carbocycles. The second kappa shape index (κ2) is 5.85. The van der Waals surface area contributed by atoms with E-state index >= 15 is 0 Å². The molecule has 0 spiro atoms. The van der Waals surface area contributed by atoms with E-state index in [-0.39, 0.29) is 17.1 Å². The molecular weight excluding hydrogens is 250 g/mol. The molecule has 0 aliphatic heterocycles. The number of benzene rings is 2. The first-order valence-electron chi connectivity index (χ1n) is 6.13. The summed E-state index contributed by atoms with van der Waals surface area (Å²) in [5, 5.41) is 18.6. The van der Waals surface area contributed by atoms with E-state index in [4.69, 9.17) is 0 Å². The molecule has 0 fully saturated rings. The fourth-order valence-corrected chi connectivity index (χ4v) is 1.90. The number of ketones is 1. The molecule has 0 atom stereocenters. The van der Waals surface area contributed by atoms with E-state index in [2.05, 4.69) is 0 Å². The summed E-state index contributed by atoms with van der Waals surface area (Å²) >= 11 is 0. The van der Waals surface area contributed by atoms with E-state index in [0.717, 1.165) is 5.56 Å². The number of Topliss-reactive ketones (excluding diaryl/α,β-unsaturated/α-hetero) is 1. The Morgan fingerprint density at radius 1 is 1.20 bits per heavy atom. The Balaban J connectivity index is 2.41. The smallest absolute Gasteiger partial charge is 0.203 e. The molecule has 2 aromatic carbocycles. The lowest BCUT2D eigenvalue weighted by atomic mass is 9.98. The van der Waals surface area contributed by atoms with Crippen molar-refractivity contribution in [2.45, 2.75) is 6.92 Å². The third-order valence-corrected chi connectivity index (χ3v) is 2.94. The molecule has 0 saturated heterocycles. The van der Waals surface area contributed by atoms with Crippen molar-refractivity contribution in [2.24, 2.45) is 0 Å². The number of carbonyl (C=O) groups is 1. The number of aryl methyl sites for hydroxylation is 1. The van der Waals surface area contributed by atoms with Gasteiger partial charge in [0.2, 0.25) is 5.78 Å². The highest BCUT2D eigenvalue weighted by molar-refractivity contribution is 6.14. The number of nitriles is 1. The number of phenols is 1. The molecule has 2 aromatic rings. The van der Waals surface area contributed by atoms with Crippen LogP contribution in [0.4, 0.5) is 0 Å². The lowest BCUT2D eigenvalue weighted by molar-refractivity contribution is 0.103. The van der Waals surface area contributed by atoms with Crippen LogP contribution in [0.25, 0.3) is 6.08 Å². The summed E-state index contributed by atoms with van der Waals surface area (Å²) in [5.74, 6) is -0.215. The summed E-state index contributed by atoms with van der Waals surface area (Å²) in [4.78, 5) is 12.3. The van der Waals surface area contributed by atoms with Gasteiger partial charge in [-0.1, -0.05) is 36.4 Å². The number of nitrogens with zero attached hydrogens (tertiary/aromatic N) is 1. The van der Waals surface area contributed by atoms with Gasteiger partial charge in [0.1, 0.15) is 17.4 Å². The third kappa shape index (κ3) is 2.93. The Morgan fingerprint density at radius 2 is 1.95 bits per heavy atom. The molecule has 1 N–H and O–H groups in total. The first-order chi connectivity index (χ1) is 9.61. The monoisotopic (exact) mass is 263 g/mol. The van der Waals surface area contributed by atoms with Crippen LogP contribution in [0, 0.1) is 18.3 Å².